The largest absolute Gasteiger partial charge is 0.494 e. The smallest absolute Gasteiger partial charge is 0.255 e. The molecule has 2 aromatic rings. The van der Waals surface area contributed by atoms with Crippen molar-refractivity contribution in [2.45, 2.75) is 6.92 Å². The second-order valence-electron chi connectivity index (χ2n) is 7.20. The average Bonchev–Trinajstić information content (AvgIpc) is 2.76. The van der Waals surface area contributed by atoms with Crippen LogP contribution in [0, 0.1) is 23.7 Å². The van der Waals surface area contributed by atoms with Gasteiger partial charge in [-0.1, -0.05) is 6.07 Å². The maximum absolute atomic E-state index is 12.6. The molecule has 0 unspecified atom stereocenters. The number of anilines is 1. The lowest BCUT2D eigenvalue weighted by Gasteiger charge is -2.32. The molecule has 0 saturated carbocycles. The van der Waals surface area contributed by atoms with Gasteiger partial charge in [-0.25, -0.2) is 4.98 Å². The van der Waals surface area contributed by atoms with Gasteiger partial charge in [0.1, 0.15) is 5.82 Å². The Bertz CT molecular complexity index is 1010. The van der Waals surface area contributed by atoms with E-state index in [0.29, 0.717) is 35.6 Å². The fourth-order valence-electron chi connectivity index (χ4n) is 3.28. The van der Waals surface area contributed by atoms with E-state index in [1.807, 2.05) is 18.9 Å². The van der Waals surface area contributed by atoms with Crippen LogP contribution in [-0.2, 0) is 0 Å². The van der Waals surface area contributed by atoms with Crippen molar-refractivity contribution < 1.29 is 9.90 Å². The summed E-state index contributed by atoms with van der Waals surface area (Å²) in [6.07, 6.45) is 2.52. The number of hydrogen-bond donors (Lipinski definition) is 3. The van der Waals surface area contributed by atoms with Gasteiger partial charge < -0.3 is 25.6 Å². The number of benzene rings is 1. The number of aromatic nitrogens is 1. The number of nitrogens with one attached hydrogen (secondary N) is 2. The van der Waals surface area contributed by atoms with E-state index in [0.717, 1.165) is 24.9 Å². The molecule has 1 aromatic heterocycles. The fourth-order valence-corrected chi connectivity index (χ4v) is 3.28. The Morgan fingerprint density at radius 3 is 2.57 bits per heavy atom. The molecule has 3 rings (SSSR count). The molecule has 1 fully saturated rings. The van der Waals surface area contributed by atoms with Crippen molar-refractivity contribution in [2.75, 3.05) is 38.5 Å². The third-order valence-electron chi connectivity index (χ3n) is 5.09. The predicted octanol–water partition coefficient (Wildman–Crippen LogP) is 2.64. The number of nitrogens with zero attached hydrogens (tertiary/aromatic N) is 4. The molecule has 8 heteroatoms. The number of likely N-dealkylation sites (N-methyl/N-ethyl adjacent to an activating group) is 1. The molecule has 0 atom stereocenters. The van der Waals surface area contributed by atoms with Crippen LogP contribution in [0.5, 0.6) is 0 Å². The Kier molecular flexibility index (Phi) is 6.45. The molecule has 30 heavy (non-hydrogen) atoms. The molecule has 1 saturated heterocycles. The number of hydrogen-bond acceptors (Lipinski definition) is 7. The number of aryl methyl sites for hydroxylation is 1. The fraction of sp³-hybridized carbons (Fsp3) is 0.273. The number of aliphatic hydroxyl groups excluding tert-OH is 1. The van der Waals surface area contributed by atoms with Crippen molar-refractivity contribution in [2.24, 2.45) is 0 Å². The summed E-state index contributed by atoms with van der Waals surface area (Å²) in [6.45, 7) is 4.87. The van der Waals surface area contributed by atoms with Crippen molar-refractivity contribution in [1.29, 1.82) is 10.7 Å². The van der Waals surface area contributed by atoms with Gasteiger partial charge in [-0.2, -0.15) is 5.26 Å². The summed E-state index contributed by atoms with van der Waals surface area (Å²) in [5, 5.41) is 30.0. The van der Waals surface area contributed by atoms with Crippen molar-refractivity contribution in [3.05, 3.63) is 64.7 Å². The van der Waals surface area contributed by atoms with Gasteiger partial charge in [0.25, 0.3) is 5.91 Å². The van der Waals surface area contributed by atoms with Crippen molar-refractivity contribution in [3.63, 3.8) is 0 Å². The summed E-state index contributed by atoms with van der Waals surface area (Å²) in [7, 11) is 2.03. The first-order valence-corrected chi connectivity index (χ1v) is 9.58. The number of pyridine rings is 1. The van der Waals surface area contributed by atoms with Gasteiger partial charge in [-0.05, 0) is 49.4 Å². The van der Waals surface area contributed by atoms with E-state index in [9.17, 15) is 9.90 Å². The molecule has 1 aliphatic rings. The van der Waals surface area contributed by atoms with Crippen LogP contribution in [0.2, 0.25) is 0 Å². The van der Waals surface area contributed by atoms with Crippen LogP contribution in [0.1, 0.15) is 27.0 Å². The summed E-state index contributed by atoms with van der Waals surface area (Å²) in [4.78, 5) is 20.8. The molecule has 8 nitrogen and oxygen atoms in total. The minimum Gasteiger partial charge on any atom is -0.494 e. The van der Waals surface area contributed by atoms with Gasteiger partial charge in [-0.15, -0.1) is 0 Å². The lowest BCUT2D eigenvalue weighted by molar-refractivity contribution is 0.0663. The molecule has 0 radical (unpaired) electrons. The van der Waals surface area contributed by atoms with Crippen molar-refractivity contribution in [1.82, 2.24) is 14.8 Å². The Morgan fingerprint density at radius 1 is 1.27 bits per heavy atom. The van der Waals surface area contributed by atoms with Crippen LogP contribution >= 0.6 is 0 Å². The van der Waals surface area contributed by atoms with Gasteiger partial charge in [0.15, 0.2) is 5.88 Å². The normalized spacial score (nSPS) is 15.2. The first-order valence-electron chi connectivity index (χ1n) is 9.58. The topological polar surface area (TPSA) is 116 Å². The van der Waals surface area contributed by atoms with Crippen molar-refractivity contribution >= 4 is 23.5 Å². The van der Waals surface area contributed by atoms with Gasteiger partial charge in [0.2, 0.25) is 0 Å². The summed E-state index contributed by atoms with van der Waals surface area (Å²) in [6, 6.07) is 10.4. The zero-order chi connectivity index (χ0) is 21.7. The van der Waals surface area contributed by atoms with Gasteiger partial charge in [0, 0.05) is 38.6 Å². The Labute approximate surface area is 175 Å². The van der Waals surface area contributed by atoms with Crippen molar-refractivity contribution in [3.8, 4) is 6.07 Å². The monoisotopic (exact) mass is 404 g/mol. The van der Waals surface area contributed by atoms with E-state index in [-0.39, 0.29) is 17.4 Å². The number of carbonyl (C=O) groups excluding carboxylic acids is 1. The molecular weight excluding hydrogens is 380 g/mol. The molecule has 2 heterocycles. The average molecular weight is 404 g/mol. The lowest BCUT2D eigenvalue weighted by atomic mass is 9.99. The number of allylic oxidation sites excluding steroid dienone is 1. The highest BCUT2D eigenvalue weighted by Crippen LogP contribution is 2.22. The van der Waals surface area contributed by atoms with E-state index in [1.54, 1.807) is 30.3 Å². The number of piperazine rings is 1. The highest BCUT2D eigenvalue weighted by atomic mass is 16.3. The highest BCUT2D eigenvalue weighted by Gasteiger charge is 2.20. The quantitative estimate of drug-likeness (QED) is 0.521. The third kappa shape index (κ3) is 4.64. The molecule has 3 N–H and O–H groups in total. The van der Waals surface area contributed by atoms with Gasteiger partial charge in [-0.3, -0.25) is 4.79 Å². The van der Waals surface area contributed by atoms with Gasteiger partial charge in [0.05, 0.1) is 22.8 Å². The number of carbonyl (C=O) groups is 1. The Morgan fingerprint density at radius 2 is 2.00 bits per heavy atom. The van der Waals surface area contributed by atoms with Crippen LogP contribution in [0.4, 0.5) is 5.82 Å². The maximum Gasteiger partial charge on any atom is 0.255 e. The molecule has 154 valence electrons. The maximum atomic E-state index is 12.6. The van der Waals surface area contributed by atoms with E-state index >= 15 is 0 Å². The number of nitriles is 1. The first-order chi connectivity index (χ1) is 14.4. The third-order valence-corrected chi connectivity index (χ3v) is 5.09. The summed E-state index contributed by atoms with van der Waals surface area (Å²) in [5.41, 5.74) is 2.67. The van der Waals surface area contributed by atoms with Crippen LogP contribution in [-0.4, -0.2) is 65.2 Å². The Balaban J connectivity index is 1.76. The minimum atomic E-state index is -0.233. The lowest BCUT2D eigenvalue weighted by Crippen LogP contribution is -2.47. The first kappa shape index (κ1) is 21.0. The molecule has 1 aromatic carbocycles. The summed E-state index contributed by atoms with van der Waals surface area (Å²) in [5.74, 6) is 0.0619. The van der Waals surface area contributed by atoms with Crippen LogP contribution in [0.15, 0.2) is 42.4 Å². The molecule has 0 bridgehead atoms. The van der Waals surface area contributed by atoms with E-state index in [1.165, 1.54) is 6.20 Å². The van der Waals surface area contributed by atoms with E-state index < -0.39 is 0 Å². The number of rotatable bonds is 5. The van der Waals surface area contributed by atoms with E-state index in [4.69, 9.17) is 10.7 Å². The zero-order valence-electron chi connectivity index (χ0n) is 17.0. The number of amides is 1. The van der Waals surface area contributed by atoms with Gasteiger partial charge >= 0.3 is 0 Å². The Hall–Kier alpha value is -3.70. The summed E-state index contributed by atoms with van der Waals surface area (Å²) >= 11 is 0. The van der Waals surface area contributed by atoms with Crippen LogP contribution < -0.4 is 5.32 Å². The second kappa shape index (κ2) is 9.20. The highest BCUT2D eigenvalue weighted by molar-refractivity contribution is 6.10. The minimum absolute atomic E-state index is 0.0599. The summed E-state index contributed by atoms with van der Waals surface area (Å²) < 4.78 is 0. The standard InChI is InChI=1S/C22H24N6O2/c1-15-11-16(12-23)3-5-18(15)19(13-24)21(29)26-20-6-4-17(14-25-20)22(30)28-9-7-27(2)8-10-28/h3-6,11,13-14,24,29H,7-10H2,1-2H3,(H,25,26)/b21-19-,24-13?. The zero-order valence-corrected chi connectivity index (χ0v) is 17.0. The number of aliphatic hydroxyl groups is 1. The molecular formula is C22H24N6O2. The van der Waals surface area contributed by atoms with Crippen LogP contribution in [0.3, 0.4) is 0 Å². The SMILES string of the molecule is Cc1cc(C#N)ccc1/C(C=N)=C(\O)Nc1ccc(C(=O)N2CCN(C)CC2)cn1. The predicted molar refractivity (Wildman–Crippen MR) is 115 cm³/mol. The molecule has 1 aliphatic heterocycles. The molecule has 1 amide bonds. The molecule has 0 spiro atoms. The second-order valence-corrected chi connectivity index (χ2v) is 7.20. The van der Waals surface area contributed by atoms with Crippen LogP contribution in [0.25, 0.3) is 5.57 Å². The molecule has 0 aliphatic carbocycles. The van der Waals surface area contributed by atoms with E-state index in [2.05, 4.69) is 21.3 Å².